The number of likely N-dealkylation sites (N-methyl/N-ethyl adjacent to an activating group) is 1. The van der Waals surface area contributed by atoms with Gasteiger partial charge in [0.2, 0.25) is 0 Å². The van der Waals surface area contributed by atoms with Crippen molar-refractivity contribution in [2.75, 3.05) is 20.1 Å². The zero-order valence-electron chi connectivity index (χ0n) is 10.2. The monoisotopic (exact) mass is 234 g/mol. The van der Waals surface area contributed by atoms with Gasteiger partial charge in [-0.15, -0.1) is 0 Å². The van der Waals surface area contributed by atoms with Crippen molar-refractivity contribution in [1.29, 1.82) is 0 Å². The number of nitrogens with zero attached hydrogens (tertiary/aromatic N) is 1. The van der Waals surface area contributed by atoms with Crippen molar-refractivity contribution in [1.82, 2.24) is 10.2 Å². The first-order valence-corrected chi connectivity index (χ1v) is 5.82. The van der Waals surface area contributed by atoms with Gasteiger partial charge in [-0.2, -0.15) is 0 Å². The van der Waals surface area contributed by atoms with Crippen molar-refractivity contribution in [2.24, 2.45) is 0 Å². The van der Waals surface area contributed by atoms with Crippen LogP contribution >= 0.6 is 0 Å². The van der Waals surface area contributed by atoms with E-state index in [-0.39, 0.29) is 11.9 Å². The van der Waals surface area contributed by atoms with Gasteiger partial charge in [0.05, 0.1) is 12.1 Å². The lowest BCUT2D eigenvalue weighted by atomic mass is 10.1. The normalized spacial score (nSPS) is 23.7. The fourth-order valence-electron chi connectivity index (χ4n) is 2.18. The third-order valence-electron chi connectivity index (χ3n) is 3.23. The lowest BCUT2D eigenvalue weighted by molar-refractivity contribution is 0.0581. The van der Waals surface area contributed by atoms with Gasteiger partial charge in [-0.3, -0.25) is 4.79 Å². The Morgan fingerprint density at radius 2 is 2.24 bits per heavy atom. The molecular formula is C13H18N2O2. The first kappa shape index (κ1) is 12.1. The van der Waals surface area contributed by atoms with E-state index < -0.39 is 6.10 Å². The smallest absolute Gasteiger partial charge is 0.253 e. The number of hydrogen-bond acceptors (Lipinski definition) is 3. The Bertz CT molecular complexity index is 420. The predicted octanol–water partition coefficient (Wildman–Crippen LogP) is 0.400. The molecule has 4 nitrogen and oxygen atoms in total. The maximum absolute atomic E-state index is 12.2. The van der Waals surface area contributed by atoms with E-state index >= 15 is 0 Å². The zero-order chi connectivity index (χ0) is 12.4. The number of carbonyl (C=O) groups is 1. The van der Waals surface area contributed by atoms with E-state index in [2.05, 4.69) is 5.32 Å². The molecule has 1 aliphatic rings. The van der Waals surface area contributed by atoms with Crippen LogP contribution in [0.2, 0.25) is 0 Å². The molecule has 1 saturated heterocycles. The van der Waals surface area contributed by atoms with Crippen LogP contribution < -0.4 is 5.32 Å². The minimum Gasteiger partial charge on any atom is -0.390 e. The second-order valence-corrected chi connectivity index (χ2v) is 4.58. The molecule has 1 aromatic carbocycles. The largest absolute Gasteiger partial charge is 0.390 e. The number of aliphatic hydroxyl groups excluding tert-OH is 1. The maximum atomic E-state index is 12.2. The molecule has 0 aromatic heterocycles. The summed E-state index contributed by atoms with van der Waals surface area (Å²) in [4.78, 5) is 13.8. The number of rotatable bonds is 2. The van der Waals surface area contributed by atoms with Crippen LogP contribution in [-0.4, -0.2) is 48.2 Å². The molecule has 0 aliphatic carbocycles. The molecule has 17 heavy (non-hydrogen) atoms. The number of aryl methyl sites for hydroxylation is 1. The average molecular weight is 234 g/mol. The molecule has 0 saturated carbocycles. The molecule has 4 heteroatoms. The van der Waals surface area contributed by atoms with Crippen molar-refractivity contribution < 1.29 is 9.90 Å². The third kappa shape index (κ3) is 2.48. The van der Waals surface area contributed by atoms with Crippen LogP contribution in [0.25, 0.3) is 0 Å². The van der Waals surface area contributed by atoms with Crippen molar-refractivity contribution in [3.63, 3.8) is 0 Å². The molecule has 0 bridgehead atoms. The Balaban J connectivity index is 2.14. The molecule has 2 atom stereocenters. The quantitative estimate of drug-likeness (QED) is 0.779. The Hall–Kier alpha value is -1.39. The maximum Gasteiger partial charge on any atom is 0.253 e. The lowest BCUT2D eigenvalue weighted by Gasteiger charge is -2.26. The molecule has 0 unspecified atom stereocenters. The third-order valence-corrected chi connectivity index (χ3v) is 3.23. The van der Waals surface area contributed by atoms with Crippen LogP contribution in [0.3, 0.4) is 0 Å². The van der Waals surface area contributed by atoms with Crippen LogP contribution in [0.4, 0.5) is 0 Å². The minimum atomic E-state index is -0.478. The standard InChI is InChI=1S/C13H18N2O2/c1-9-4-3-5-10(6-9)13(17)15(2)11-7-14-8-12(11)16/h3-6,11-12,14,16H,7-8H2,1-2H3/t11-,12-/m0/s1. The lowest BCUT2D eigenvalue weighted by Crippen LogP contribution is -2.44. The molecule has 1 amide bonds. The molecule has 2 N–H and O–H groups in total. The van der Waals surface area contributed by atoms with Gasteiger partial charge in [-0.05, 0) is 19.1 Å². The van der Waals surface area contributed by atoms with Crippen molar-refractivity contribution >= 4 is 5.91 Å². The number of β-amino-alcohol motifs (C(OH)–C–C–N with tert-alkyl or cyclic N) is 1. The summed E-state index contributed by atoms with van der Waals surface area (Å²) in [5, 5.41) is 12.8. The molecule has 92 valence electrons. The molecule has 0 radical (unpaired) electrons. The van der Waals surface area contributed by atoms with E-state index in [0.717, 1.165) is 5.56 Å². The Labute approximate surface area is 101 Å². The summed E-state index contributed by atoms with van der Waals surface area (Å²) in [6.07, 6.45) is -0.478. The van der Waals surface area contributed by atoms with Gasteiger partial charge >= 0.3 is 0 Å². The molecule has 0 spiro atoms. The second kappa shape index (κ2) is 4.85. The van der Waals surface area contributed by atoms with Gasteiger partial charge in [0.1, 0.15) is 0 Å². The van der Waals surface area contributed by atoms with Crippen LogP contribution in [0.15, 0.2) is 24.3 Å². The van der Waals surface area contributed by atoms with Crippen LogP contribution in [0.5, 0.6) is 0 Å². The van der Waals surface area contributed by atoms with Crippen LogP contribution in [0, 0.1) is 6.92 Å². The Kier molecular flexibility index (Phi) is 3.45. The van der Waals surface area contributed by atoms with E-state index in [0.29, 0.717) is 18.7 Å². The van der Waals surface area contributed by atoms with Gasteiger partial charge in [-0.25, -0.2) is 0 Å². The minimum absolute atomic E-state index is 0.0403. The highest BCUT2D eigenvalue weighted by atomic mass is 16.3. The van der Waals surface area contributed by atoms with Gasteiger partial charge < -0.3 is 15.3 Å². The second-order valence-electron chi connectivity index (χ2n) is 4.58. The summed E-state index contributed by atoms with van der Waals surface area (Å²) in [6, 6.07) is 7.37. The highest BCUT2D eigenvalue weighted by Crippen LogP contribution is 2.13. The number of aliphatic hydroxyl groups is 1. The van der Waals surface area contributed by atoms with E-state index in [1.165, 1.54) is 0 Å². The number of amides is 1. The van der Waals surface area contributed by atoms with Crippen LogP contribution in [0.1, 0.15) is 15.9 Å². The summed E-state index contributed by atoms with van der Waals surface area (Å²) < 4.78 is 0. The average Bonchev–Trinajstić information content (AvgIpc) is 2.73. The van der Waals surface area contributed by atoms with E-state index in [1.807, 2.05) is 25.1 Å². The SMILES string of the molecule is Cc1cccc(C(=O)N(C)[C@H]2CNC[C@@H]2O)c1. The summed E-state index contributed by atoms with van der Waals surface area (Å²) in [5.74, 6) is -0.0403. The van der Waals surface area contributed by atoms with Crippen molar-refractivity contribution in [3.05, 3.63) is 35.4 Å². The van der Waals surface area contributed by atoms with Crippen molar-refractivity contribution in [2.45, 2.75) is 19.1 Å². The fourth-order valence-corrected chi connectivity index (χ4v) is 2.18. The van der Waals surface area contributed by atoms with Crippen molar-refractivity contribution in [3.8, 4) is 0 Å². The van der Waals surface area contributed by atoms with E-state index in [1.54, 1.807) is 18.0 Å². The molecule has 1 aliphatic heterocycles. The van der Waals surface area contributed by atoms with E-state index in [9.17, 15) is 9.90 Å². The van der Waals surface area contributed by atoms with Gasteiger partial charge in [0, 0.05) is 25.7 Å². The molecule has 1 aromatic rings. The van der Waals surface area contributed by atoms with Gasteiger partial charge in [0.15, 0.2) is 0 Å². The van der Waals surface area contributed by atoms with Gasteiger partial charge in [0.25, 0.3) is 5.91 Å². The molecule has 2 rings (SSSR count). The first-order chi connectivity index (χ1) is 8.09. The highest BCUT2D eigenvalue weighted by molar-refractivity contribution is 5.94. The summed E-state index contributed by atoms with van der Waals surface area (Å²) >= 11 is 0. The molecular weight excluding hydrogens is 216 g/mol. The Morgan fingerprint density at radius 1 is 1.47 bits per heavy atom. The first-order valence-electron chi connectivity index (χ1n) is 5.82. The zero-order valence-corrected chi connectivity index (χ0v) is 10.2. The summed E-state index contributed by atoms with van der Waals surface area (Å²) in [6.45, 7) is 3.16. The topological polar surface area (TPSA) is 52.6 Å². The van der Waals surface area contributed by atoms with Crippen LogP contribution in [-0.2, 0) is 0 Å². The Morgan fingerprint density at radius 3 is 2.82 bits per heavy atom. The highest BCUT2D eigenvalue weighted by Gasteiger charge is 2.31. The number of hydrogen-bond donors (Lipinski definition) is 2. The summed E-state index contributed by atoms with van der Waals surface area (Å²) in [5.41, 5.74) is 1.74. The summed E-state index contributed by atoms with van der Waals surface area (Å²) in [7, 11) is 1.74. The van der Waals surface area contributed by atoms with E-state index in [4.69, 9.17) is 0 Å². The number of benzene rings is 1. The number of nitrogens with one attached hydrogen (secondary N) is 1. The predicted molar refractivity (Wildman–Crippen MR) is 65.9 cm³/mol. The fraction of sp³-hybridized carbons (Fsp3) is 0.462. The number of carbonyl (C=O) groups excluding carboxylic acids is 1. The molecule has 1 heterocycles. The van der Waals surface area contributed by atoms with Gasteiger partial charge in [-0.1, -0.05) is 17.7 Å². The molecule has 1 fully saturated rings.